The number of carbonyl (C=O) groups excluding carboxylic acids is 1. The Kier molecular flexibility index (Phi) is 6.13. The van der Waals surface area contributed by atoms with Crippen molar-refractivity contribution in [1.29, 1.82) is 0 Å². The largest absolute Gasteiger partial charge is 0.454 e. The molecule has 34 heavy (non-hydrogen) atoms. The molecule has 1 N–H and O–H groups in total. The molecule has 0 radical (unpaired) electrons. The van der Waals surface area contributed by atoms with Crippen molar-refractivity contribution in [3.63, 3.8) is 0 Å². The van der Waals surface area contributed by atoms with Crippen molar-refractivity contribution in [2.75, 3.05) is 18.6 Å². The van der Waals surface area contributed by atoms with Crippen LogP contribution in [0, 0.1) is 0 Å². The van der Waals surface area contributed by atoms with Crippen molar-refractivity contribution in [2.45, 2.75) is 17.6 Å². The maximum atomic E-state index is 12.9. The molecule has 0 saturated carbocycles. The van der Waals surface area contributed by atoms with Crippen LogP contribution in [0.4, 0.5) is 18.9 Å². The molecule has 0 bridgehead atoms. The summed E-state index contributed by atoms with van der Waals surface area (Å²) in [5.74, 6) is 0.891. The van der Waals surface area contributed by atoms with E-state index < -0.39 is 21.8 Å². The van der Waals surface area contributed by atoms with Gasteiger partial charge in [-0.25, -0.2) is 8.42 Å². The monoisotopic (exact) mass is 492 g/mol. The first-order valence-corrected chi connectivity index (χ1v) is 11.5. The highest BCUT2D eigenvalue weighted by Crippen LogP contribution is 2.33. The van der Waals surface area contributed by atoms with E-state index >= 15 is 0 Å². The van der Waals surface area contributed by atoms with Crippen LogP contribution in [0.15, 0.2) is 71.6 Å². The lowest BCUT2D eigenvalue weighted by Crippen LogP contribution is -2.26. The van der Waals surface area contributed by atoms with Gasteiger partial charge in [-0.2, -0.15) is 13.2 Å². The number of carbonyl (C=O) groups is 1. The number of sulfonamides is 1. The second kappa shape index (κ2) is 8.90. The van der Waals surface area contributed by atoms with Crippen LogP contribution < -0.4 is 14.2 Å². The quantitative estimate of drug-likeness (QED) is 0.548. The molecule has 11 heteroatoms. The molecular formula is C23H19F3N2O5S. The fourth-order valence-electron chi connectivity index (χ4n) is 3.36. The highest BCUT2D eigenvalue weighted by atomic mass is 32.2. The number of benzene rings is 3. The van der Waals surface area contributed by atoms with Gasteiger partial charge in [0.15, 0.2) is 11.5 Å². The predicted octanol–water partition coefficient (Wildman–Crippen LogP) is 4.51. The number of nitrogens with zero attached hydrogens (tertiary/aromatic N) is 1. The number of hydrogen-bond donors (Lipinski definition) is 1. The average Bonchev–Trinajstić information content (AvgIpc) is 3.26. The fraction of sp³-hybridized carbons (Fsp3) is 0.174. The van der Waals surface area contributed by atoms with Crippen molar-refractivity contribution in [1.82, 2.24) is 4.90 Å². The third-order valence-corrected chi connectivity index (χ3v) is 6.45. The zero-order valence-corrected chi connectivity index (χ0v) is 18.6. The van der Waals surface area contributed by atoms with Crippen molar-refractivity contribution in [3.8, 4) is 11.5 Å². The first-order valence-electron chi connectivity index (χ1n) is 9.97. The van der Waals surface area contributed by atoms with Crippen molar-refractivity contribution in [2.24, 2.45) is 0 Å². The molecule has 7 nitrogen and oxygen atoms in total. The second-order valence-corrected chi connectivity index (χ2v) is 9.24. The van der Waals surface area contributed by atoms with Crippen molar-refractivity contribution in [3.05, 3.63) is 83.4 Å². The SMILES string of the molecule is CN(Cc1ccc2c(c1)OCO2)C(=O)c1ccc(S(=O)(=O)Nc2cccc(C(F)(F)F)c2)cc1. The molecule has 4 rings (SSSR count). The van der Waals surface area contributed by atoms with E-state index in [1.807, 2.05) is 6.07 Å². The smallest absolute Gasteiger partial charge is 0.416 e. The highest BCUT2D eigenvalue weighted by Gasteiger charge is 2.30. The number of halogens is 3. The topological polar surface area (TPSA) is 84.9 Å². The summed E-state index contributed by atoms with van der Waals surface area (Å²) in [5, 5.41) is 0. The third-order valence-electron chi connectivity index (χ3n) is 5.06. The molecule has 3 aromatic carbocycles. The lowest BCUT2D eigenvalue weighted by atomic mass is 10.1. The number of anilines is 1. The van der Waals surface area contributed by atoms with Crippen LogP contribution in [-0.2, 0) is 22.7 Å². The zero-order valence-electron chi connectivity index (χ0n) is 17.8. The van der Waals surface area contributed by atoms with Gasteiger partial charge in [0.25, 0.3) is 15.9 Å². The average molecular weight is 492 g/mol. The van der Waals surface area contributed by atoms with E-state index in [2.05, 4.69) is 4.72 Å². The summed E-state index contributed by atoms with van der Waals surface area (Å²) < 4.78 is 76.6. The molecule has 0 unspecified atom stereocenters. The lowest BCUT2D eigenvalue weighted by molar-refractivity contribution is -0.137. The summed E-state index contributed by atoms with van der Waals surface area (Å²) in [4.78, 5) is 14.0. The first-order chi connectivity index (χ1) is 16.0. The molecule has 0 aliphatic carbocycles. The maximum Gasteiger partial charge on any atom is 0.416 e. The minimum atomic E-state index is -4.60. The Morgan fingerprint density at radius 3 is 2.41 bits per heavy atom. The summed E-state index contributed by atoms with van der Waals surface area (Å²) in [7, 11) is -2.56. The minimum absolute atomic E-state index is 0.144. The number of nitrogens with one attached hydrogen (secondary N) is 1. The standard InChI is InChI=1S/C23H19F3N2O5S/c1-28(13-15-5-10-20-21(11-15)33-14-32-20)22(29)16-6-8-19(9-7-16)34(30,31)27-18-4-2-3-17(12-18)23(24,25)26/h2-12,27H,13-14H2,1H3. The lowest BCUT2D eigenvalue weighted by Gasteiger charge is -2.18. The van der Waals surface area contributed by atoms with Gasteiger partial charge in [-0.1, -0.05) is 12.1 Å². The molecule has 1 aliphatic rings. The number of hydrogen-bond acceptors (Lipinski definition) is 5. The molecule has 0 fully saturated rings. The molecule has 1 amide bonds. The van der Waals surface area contributed by atoms with E-state index in [9.17, 15) is 26.4 Å². The van der Waals surface area contributed by atoms with Crippen LogP contribution >= 0.6 is 0 Å². The molecule has 0 aromatic heterocycles. The molecule has 1 aliphatic heterocycles. The van der Waals surface area contributed by atoms with E-state index in [1.165, 1.54) is 35.2 Å². The van der Waals surface area contributed by atoms with Crippen molar-refractivity contribution < 1.29 is 35.9 Å². The van der Waals surface area contributed by atoms with Gasteiger partial charge >= 0.3 is 6.18 Å². The Bertz CT molecular complexity index is 1330. The third kappa shape index (κ3) is 5.09. The number of rotatable bonds is 6. The molecule has 1 heterocycles. The van der Waals surface area contributed by atoms with Gasteiger partial charge in [0, 0.05) is 24.8 Å². The predicted molar refractivity (Wildman–Crippen MR) is 117 cm³/mol. The van der Waals surface area contributed by atoms with Crippen LogP contribution in [0.3, 0.4) is 0 Å². The molecule has 0 saturated heterocycles. The van der Waals surface area contributed by atoms with Gasteiger partial charge in [0.1, 0.15) is 0 Å². The maximum absolute atomic E-state index is 12.9. The fourth-order valence-corrected chi connectivity index (χ4v) is 4.40. The van der Waals surface area contributed by atoms with E-state index in [0.717, 1.165) is 17.7 Å². The van der Waals surface area contributed by atoms with Crippen LogP contribution in [0.25, 0.3) is 0 Å². The Morgan fingerprint density at radius 2 is 1.71 bits per heavy atom. The van der Waals surface area contributed by atoms with Crippen LogP contribution in [0.2, 0.25) is 0 Å². The Labute approximate surface area is 193 Å². The van der Waals surface area contributed by atoms with Crippen LogP contribution in [-0.4, -0.2) is 33.1 Å². The van der Waals surface area contributed by atoms with Gasteiger partial charge in [-0.15, -0.1) is 0 Å². The molecule has 3 aromatic rings. The molecule has 178 valence electrons. The van der Waals surface area contributed by atoms with Crippen LogP contribution in [0.1, 0.15) is 21.5 Å². The number of ether oxygens (including phenoxy) is 2. The van der Waals surface area contributed by atoms with E-state index in [-0.39, 0.29) is 35.4 Å². The Morgan fingerprint density at radius 1 is 1.00 bits per heavy atom. The normalized spacial score (nSPS) is 12.9. The second-order valence-electron chi connectivity index (χ2n) is 7.56. The summed E-state index contributed by atoms with van der Waals surface area (Å²) in [5.41, 5.74) is -0.122. The number of amides is 1. The first kappa shape index (κ1) is 23.4. The van der Waals surface area contributed by atoms with Gasteiger partial charge in [-0.05, 0) is 60.2 Å². The van der Waals surface area contributed by atoms with Gasteiger partial charge < -0.3 is 14.4 Å². The zero-order chi connectivity index (χ0) is 24.5. The minimum Gasteiger partial charge on any atom is -0.454 e. The molecule has 0 spiro atoms. The molecule has 0 atom stereocenters. The van der Waals surface area contributed by atoms with Gasteiger partial charge in [0.2, 0.25) is 6.79 Å². The van der Waals surface area contributed by atoms with Gasteiger partial charge in [0.05, 0.1) is 10.5 Å². The van der Waals surface area contributed by atoms with E-state index in [4.69, 9.17) is 9.47 Å². The number of alkyl halides is 3. The van der Waals surface area contributed by atoms with Gasteiger partial charge in [-0.3, -0.25) is 9.52 Å². The Hall–Kier alpha value is -3.73. The van der Waals surface area contributed by atoms with E-state index in [0.29, 0.717) is 17.6 Å². The number of fused-ring (bicyclic) bond motifs is 1. The summed E-state index contributed by atoms with van der Waals surface area (Å²) >= 11 is 0. The van der Waals surface area contributed by atoms with E-state index in [1.54, 1.807) is 19.2 Å². The summed E-state index contributed by atoms with van der Waals surface area (Å²) in [6, 6.07) is 14.4. The van der Waals surface area contributed by atoms with Crippen molar-refractivity contribution >= 4 is 21.6 Å². The summed E-state index contributed by atoms with van der Waals surface area (Å²) in [6.45, 7) is 0.429. The Balaban J connectivity index is 1.45. The summed E-state index contributed by atoms with van der Waals surface area (Å²) in [6.07, 6.45) is -4.60. The molecular weight excluding hydrogens is 473 g/mol. The highest BCUT2D eigenvalue weighted by molar-refractivity contribution is 7.92. The van der Waals surface area contributed by atoms with Crippen LogP contribution in [0.5, 0.6) is 11.5 Å².